The minimum Gasteiger partial charge on any atom is -0.434 e. The molecule has 0 amide bonds. The first-order valence-corrected chi connectivity index (χ1v) is 9.70. The van der Waals surface area contributed by atoms with Crippen molar-refractivity contribution in [3.63, 3.8) is 0 Å². The van der Waals surface area contributed by atoms with Gasteiger partial charge in [-0.3, -0.25) is 0 Å². The zero-order chi connectivity index (χ0) is 18.7. The summed E-state index contributed by atoms with van der Waals surface area (Å²) in [5.74, 6) is 0.600. The van der Waals surface area contributed by atoms with E-state index in [9.17, 15) is 17.2 Å². The van der Waals surface area contributed by atoms with E-state index >= 15 is 0 Å². The van der Waals surface area contributed by atoms with Gasteiger partial charge in [-0.15, -0.1) is 0 Å². The summed E-state index contributed by atoms with van der Waals surface area (Å²) in [6.07, 6.45) is 1.67. The van der Waals surface area contributed by atoms with E-state index in [-0.39, 0.29) is 12.3 Å². The maximum atomic E-state index is 12.4. The molecule has 7 nitrogen and oxygen atoms in total. The molecular weight excluding hydrogens is 354 g/mol. The topological polar surface area (TPSA) is 91.8 Å². The number of alkyl halides is 2. The number of guanidine groups is 1. The van der Waals surface area contributed by atoms with Gasteiger partial charge in [-0.2, -0.15) is 8.78 Å². The van der Waals surface area contributed by atoms with Crippen LogP contribution in [0.25, 0.3) is 0 Å². The number of nitrogens with zero attached hydrogens (tertiary/aromatic N) is 1. The van der Waals surface area contributed by atoms with Crippen molar-refractivity contribution in [2.75, 3.05) is 25.9 Å². The van der Waals surface area contributed by atoms with Gasteiger partial charge >= 0.3 is 6.61 Å². The second-order valence-electron chi connectivity index (χ2n) is 5.13. The van der Waals surface area contributed by atoms with Crippen molar-refractivity contribution in [2.45, 2.75) is 26.5 Å². The van der Waals surface area contributed by atoms with Crippen molar-refractivity contribution in [3.05, 3.63) is 29.8 Å². The standard InChI is InChI=1S/C15H24F2N4O3S/c1-3-18-15(19-9-6-10-21-25(2,22)23)20-11-12-7-4-5-8-13(12)24-14(16)17/h4-5,7-8,14,21H,3,6,9-11H2,1-2H3,(H2,18,19,20). The van der Waals surface area contributed by atoms with Crippen molar-refractivity contribution < 1.29 is 21.9 Å². The highest BCUT2D eigenvalue weighted by Gasteiger charge is 2.09. The Morgan fingerprint density at radius 3 is 2.60 bits per heavy atom. The van der Waals surface area contributed by atoms with Crippen LogP contribution in [0.15, 0.2) is 29.3 Å². The summed E-state index contributed by atoms with van der Waals surface area (Å²) in [4.78, 5) is 4.33. The molecule has 0 spiro atoms. The molecule has 0 unspecified atom stereocenters. The Morgan fingerprint density at radius 2 is 1.96 bits per heavy atom. The Bertz CT molecular complexity index is 654. The minimum atomic E-state index is -3.19. The number of para-hydroxylation sites is 1. The van der Waals surface area contributed by atoms with Crippen LogP contribution in [0, 0.1) is 0 Å². The Balaban J connectivity index is 2.58. The van der Waals surface area contributed by atoms with E-state index in [2.05, 4.69) is 25.1 Å². The quantitative estimate of drug-likeness (QED) is 0.324. The second-order valence-corrected chi connectivity index (χ2v) is 6.96. The molecule has 0 bridgehead atoms. The maximum Gasteiger partial charge on any atom is 0.387 e. The molecule has 0 aliphatic carbocycles. The molecule has 1 aromatic rings. The number of rotatable bonds is 10. The number of halogens is 2. The molecule has 0 saturated heterocycles. The van der Waals surface area contributed by atoms with Crippen LogP contribution >= 0.6 is 0 Å². The van der Waals surface area contributed by atoms with Crippen LogP contribution in [0.2, 0.25) is 0 Å². The Labute approximate surface area is 146 Å². The predicted molar refractivity (Wildman–Crippen MR) is 93.4 cm³/mol. The van der Waals surface area contributed by atoms with E-state index in [0.717, 1.165) is 6.26 Å². The van der Waals surface area contributed by atoms with Crippen LogP contribution in [0.4, 0.5) is 8.78 Å². The molecule has 0 heterocycles. The van der Waals surface area contributed by atoms with Gasteiger partial charge in [0.15, 0.2) is 5.96 Å². The zero-order valence-electron chi connectivity index (χ0n) is 14.3. The van der Waals surface area contributed by atoms with Crippen LogP contribution < -0.4 is 20.1 Å². The van der Waals surface area contributed by atoms with Crippen LogP contribution in [0.1, 0.15) is 18.9 Å². The third-order valence-electron chi connectivity index (χ3n) is 2.95. The van der Waals surface area contributed by atoms with Crippen LogP contribution in [0.3, 0.4) is 0 Å². The third-order valence-corrected chi connectivity index (χ3v) is 3.68. The lowest BCUT2D eigenvalue weighted by atomic mass is 10.2. The first kappa shape index (κ1) is 21.1. The number of hydrogen-bond donors (Lipinski definition) is 3. The molecule has 1 aromatic carbocycles. The molecule has 142 valence electrons. The zero-order valence-corrected chi connectivity index (χ0v) is 15.1. The van der Waals surface area contributed by atoms with Gasteiger partial charge in [0.25, 0.3) is 0 Å². The SMILES string of the molecule is CCNC(=NCc1ccccc1OC(F)F)NCCCNS(C)(=O)=O. The minimum absolute atomic E-state index is 0.0921. The normalized spacial score (nSPS) is 12.3. The fourth-order valence-corrected chi connectivity index (χ4v) is 2.42. The van der Waals surface area contributed by atoms with E-state index in [0.29, 0.717) is 37.6 Å². The number of nitrogens with one attached hydrogen (secondary N) is 3. The van der Waals surface area contributed by atoms with Crippen molar-refractivity contribution in [2.24, 2.45) is 4.99 Å². The Morgan fingerprint density at radius 1 is 1.24 bits per heavy atom. The largest absolute Gasteiger partial charge is 0.434 e. The average molecular weight is 378 g/mol. The lowest BCUT2D eigenvalue weighted by molar-refractivity contribution is -0.0504. The van der Waals surface area contributed by atoms with Gasteiger partial charge in [0.1, 0.15) is 5.75 Å². The molecule has 1 rings (SSSR count). The third kappa shape index (κ3) is 9.82. The number of sulfonamides is 1. The van der Waals surface area contributed by atoms with Crippen molar-refractivity contribution >= 4 is 16.0 Å². The first-order valence-electron chi connectivity index (χ1n) is 7.81. The highest BCUT2D eigenvalue weighted by molar-refractivity contribution is 7.88. The fraction of sp³-hybridized carbons (Fsp3) is 0.533. The summed E-state index contributed by atoms with van der Waals surface area (Å²) >= 11 is 0. The molecule has 0 aliphatic rings. The molecular formula is C15H24F2N4O3S. The summed E-state index contributed by atoms with van der Waals surface area (Å²) in [6.45, 7) is 0.622. The van der Waals surface area contributed by atoms with Gasteiger partial charge < -0.3 is 15.4 Å². The van der Waals surface area contributed by atoms with Gasteiger partial charge in [-0.05, 0) is 19.4 Å². The van der Waals surface area contributed by atoms with Gasteiger partial charge in [0.05, 0.1) is 12.8 Å². The first-order chi connectivity index (χ1) is 11.8. The van der Waals surface area contributed by atoms with Gasteiger partial charge in [-0.25, -0.2) is 18.1 Å². The molecule has 3 N–H and O–H groups in total. The van der Waals surface area contributed by atoms with Gasteiger partial charge in [0, 0.05) is 25.2 Å². The van der Waals surface area contributed by atoms with Crippen LogP contribution in [0.5, 0.6) is 5.75 Å². The van der Waals surface area contributed by atoms with E-state index in [1.165, 1.54) is 6.07 Å². The number of benzene rings is 1. The van der Waals surface area contributed by atoms with E-state index in [4.69, 9.17) is 0 Å². The lowest BCUT2D eigenvalue weighted by Crippen LogP contribution is -2.38. The molecule has 0 aliphatic heterocycles. The molecule has 0 saturated carbocycles. The lowest BCUT2D eigenvalue weighted by Gasteiger charge is -2.12. The maximum absolute atomic E-state index is 12.4. The summed E-state index contributed by atoms with van der Waals surface area (Å²) in [5.41, 5.74) is 0.541. The Kier molecular flexibility index (Phi) is 9.14. The smallest absolute Gasteiger partial charge is 0.387 e. The molecule has 0 radical (unpaired) electrons. The molecule has 0 atom stereocenters. The highest BCUT2D eigenvalue weighted by atomic mass is 32.2. The predicted octanol–water partition coefficient (Wildman–Crippen LogP) is 1.28. The average Bonchev–Trinajstić information content (AvgIpc) is 2.51. The molecule has 0 aromatic heterocycles. The summed E-state index contributed by atoms with van der Waals surface area (Å²) in [6, 6.07) is 6.47. The fourth-order valence-electron chi connectivity index (χ4n) is 1.90. The van der Waals surface area contributed by atoms with E-state index in [1.54, 1.807) is 18.2 Å². The molecule has 0 fully saturated rings. The van der Waals surface area contributed by atoms with Gasteiger partial charge in [0.2, 0.25) is 10.0 Å². The van der Waals surface area contributed by atoms with Crippen LogP contribution in [-0.2, 0) is 16.6 Å². The number of aliphatic imine (C=N–C) groups is 1. The van der Waals surface area contributed by atoms with Gasteiger partial charge in [-0.1, -0.05) is 18.2 Å². The summed E-state index contributed by atoms with van der Waals surface area (Å²) < 4.78 is 53.6. The number of hydrogen-bond acceptors (Lipinski definition) is 4. The Hall–Kier alpha value is -1.94. The monoisotopic (exact) mass is 378 g/mol. The van der Waals surface area contributed by atoms with Crippen molar-refractivity contribution in [1.82, 2.24) is 15.4 Å². The van der Waals surface area contributed by atoms with Crippen LogP contribution in [-0.4, -0.2) is 46.9 Å². The highest BCUT2D eigenvalue weighted by Crippen LogP contribution is 2.20. The second kappa shape index (κ2) is 10.8. The van der Waals surface area contributed by atoms with E-state index in [1.807, 2.05) is 6.92 Å². The number of ether oxygens (including phenoxy) is 1. The van der Waals surface area contributed by atoms with Crippen molar-refractivity contribution in [1.29, 1.82) is 0 Å². The summed E-state index contributed by atoms with van der Waals surface area (Å²) in [5, 5.41) is 6.08. The van der Waals surface area contributed by atoms with E-state index < -0.39 is 16.6 Å². The molecule has 25 heavy (non-hydrogen) atoms. The van der Waals surface area contributed by atoms with Crippen molar-refractivity contribution in [3.8, 4) is 5.75 Å². The summed E-state index contributed by atoms with van der Waals surface area (Å²) in [7, 11) is -3.19. The molecule has 10 heteroatoms.